The van der Waals surface area contributed by atoms with E-state index in [0.29, 0.717) is 0 Å². The highest BCUT2D eigenvalue weighted by molar-refractivity contribution is 7.98. The highest BCUT2D eigenvalue weighted by Crippen LogP contribution is 2.19. The maximum Gasteiger partial charge on any atom is 0.179 e. The molecule has 0 saturated heterocycles. The summed E-state index contributed by atoms with van der Waals surface area (Å²) in [4.78, 5) is 1.03. The van der Waals surface area contributed by atoms with Gasteiger partial charge in [-0.3, -0.25) is 5.11 Å². The first-order valence-corrected chi connectivity index (χ1v) is 3.86. The van der Waals surface area contributed by atoms with E-state index in [2.05, 4.69) is 0 Å². The van der Waals surface area contributed by atoms with E-state index in [1.165, 1.54) is 0 Å². The van der Waals surface area contributed by atoms with Crippen LogP contribution in [0, 0.1) is 0 Å². The number of thioether (sulfide) groups is 1. The Morgan fingerprint density at radius 2 is 2.22 bits per heavy atom. The van der Waals surface area contributed by atoms with Crippen molar-refractivity contribution in [3.63, 3.8) is 0 Å². The third-order valence-corrected chi connectivity index (χ3v) is 1.77. The summed E-state index contributed by atoms with van der Waals surface area (Å²) in [7, 11) is 0. The molecule has 0 aliphatic heterocycles. The molecule has 9 heavy (non-hydrogen) atoms. The van der Waals surface area contributed by atoms with E-state index in [9.17, 15) is 5.11 Å². The molecule has 0 fully saturated rings. The molecular formula is C7H7OS. The molecule has 1 aromatic rings. The van der Waals surface area contributed by atoms with Gasteiger partial charge in [0, 0.05) is 4.90 Å². The van der Waals surface area contributed by atoms with Crippen LogP contribution < -0.4 is 0 Å². The Kier molecular flexibility index (Phi) is 2.01. The smallest absolute Gasteiger partial charge is 0.179 e. The number of benzene rings is 1. The molecule has 0 atom stereocenters. The Labute approximate surface area is 58.7 Å². The summed E-state index contributed by atoms with van der Waals surface area (Å²) >= 11 is 1.58. The molecule has 1 nitrogen and oxygen atoms in total. The normalized spacial score (nSPS) is 9.44. The zero-order chi connectivity index (χ0) is 6.69. The summed E-state index contributed by atoms with van der Waals surface area (Å²) in [5.41, 5.74) is 0. The van der Waals surface area contributed by atoms with Crippen LogP contribution in [-0.2, 0) is 5.11 Å². The molecule has 0 amide bonds. The lowest BCUT2D eigenvalue weighted by Crippen LogP contribution is -1.65. The summed E-state index contributed by atoms with van der Waals surface area (Å²) in [6, 6.07) is 6.88. The molecule has 0 bridgehead atoms. The topological polar surface area (TPSA) is 19.9 Å². The van der Waals surface area contributed by atoms with E-state index < -0.39 is 0 Å². The lowest BCUT2D eigenvalue weighted by atomic mass is 10.3. The van der Waals surface area contributed by atoms with E-state index >= 15 is 0 Å². The van der Waals surface area contributed by atoms with E-state index in [0.717, 1.165) is 4.90 Å². The van der Waals surface area contributed by atoms with Crippen LogP contribution in [0.1, 0.15) is 0 Å². The molecule has 0 saturated carbocycles. The minimum atomic E-state index is 0.0850. The van der Waals surface area contributed by atoms with Crippen molar-refractivity contribution < 1.29 is 5.11 Å². The van der Waals surface area contributed by atoms with Gasteiger partial charge in [-0.15, -0.1) is 11.8 Å². The summed E-state index contributed by atoms with van der Waals surface area (Å²) in [6.07, 6.45) is 1.95. The van der Waals surface area contributed by atoms with E-state index in [-0.39, 0.29) is 5.75 Å². The fourth-order valence-electron chi connectivity index (χ4n) is 0.601. The Morgan fingerprint density at radius 1 is 1.44 bits per heavy atom. The first-order valence-electron chi connectivity index (χ1n) is 2.64. The molecule has 0 aliphatic carbocycles. The van der Waals surface area contributed by atoms with Crippen molar-refractivity contribution in [3.8, 4) is 5.75 Å². The molecule has 0 aliphatic rings. The highest BCUT2D eigenvalue weighted by atomic mass is 32.2. The predicted octanol–water partition coefficient (Wildman–Crippen LogP) is 2.55. The largest absolute Gasteiger partial charge is 0.290 e. The summed E-state index contributed by atoms with van der Waals surface area (Å²) in [5.74, 6) is 0.0850. The van der Waals surface area contributed by atoms with Gasteiger partial charge in [0.05, 0.1) is 0 Å². The Morgan fingerprint density at radius 3 is 2.67 bits per heavy atom. The first kappa shape index (κ1) is 6.49. The molecule has 1 aromatic carbocycles. The molecule has 1 radical (unpaired) electrons. The molecule has 0 N–H and O–H groups in total. The minimum absolute atomic E-state index is 0.0850. The molecule has 0 unspecified atom stereocenters. The van der Waals surface area contributed by atoms with Gasteiger partial charge < -0.3 is 0 Å². The predicted molar refractivity (Wildman–Crippen MR) is 38.4 cm³/mol. The van der Waals surface area contributed by atoms with Crippen molar-refractivity contribution in [1.29, 1.82) is 0 Å². The fourth-order valence-corrected chi connectivity index (χ4v) is 1.05. The number of hydrogen-bond donors (Lipinski definition) is 0. The average Bonchev–Trinajstić information content (AvgIpc) is 1.88. The van der Waals surface area contributed by atoms with E-state index in [1.54, 1.807) is 30.0 Å². The van der Waals surface area contributed by atoms with Gasteiger partial charge in [0.15, 0.2) is 5.75 Å². The van der Waals surface area contributed by atoms with Crippen LogP contribution in [0.2, 0.25) is 0 Å². The molecule has 2 heteroatoms. The van der Waals surface area contributed by atoms with Crippen molar-refractivity contribution in [2.45, 2.75) is 4.90 Å². The third-order valence-electron chi connectivity index (χ3n) is 1.04. The summed E-state index contributed by atoms with van der Waals surface area (Å²) in [5, 5.41) is 10.6. The molecule has 0 spiro atoms. The summed E-state index contributed by atoms with van der Waals surface area (Å²) in [6.45, 7) is 0. The average molecular weight is 139 g/mol. The summed E-state index contributed by atoms with van der Waals surface area (Å²) < 4.78 is 0. The lowest BCUT2D eigenvalue weighted by Gasteiger charge is -1.91. The molecular weight excluding hydrogens is 132 g/mol. The van der Waals surface area contributed by atoms with Crippen LogP contribution in [0.4, 0.5) is 0 Å². The van der Waals surface area contributed by atoms with Gasteiger partial charge in [0.1, 0.15) is 0 Å². The molecule has 0 heterocycles. The molecule has 47 valence electrons. The van der Waals surface area contributed by atoms with Crippen LogP contribution in [0.25, 0.3) is 0 Å². The Hall–Kier alpha value is -0.630. The van der Waals surface area contributed by atoms with Crippen molar-refractivity contribution in [2.75, 3.05) is 6.26 Å². The number of rotatable bonds is 1. The van der Waals surface area contributed by atoms with Gasteiger partial charge in [-0.05, 0) is 24.5 Å². The maximum atomic E-state index is 10.6. The van der Waals surface area contributed by atoms with E-state index in [4.69, 9.17) is 0 Å². The van der Waals surface area contributed by atoms with Gasteiger partial charge in [-0.2, -0.15) is 0 Å². The highest BCUT2D eigenvalue weighted by Gasteiger charge is 1.90. The SMILES string of the molecule is CSc1cccc([O])c1. The Balaban J connectivity index is 2.94. The monoisotopic (exact) mass is 139 g/mol. The van der Waals surface area contributed by atoms with Crippen LogP contribution >= 0.6 is 11.8 Å². The quantitative estimate of drug-likeness (QED) is 0.547. The maximum absolute atomic E-state index is 10.6. The first-order chi connectivity index (χ1) is 4.33. The Bertz CT molecular complexity index is 198. The second-order valence-electron chi connectivity index (χ2n) is 1.68. The lowest BCUT2D eigenvalue weighted by molar-refractivity contribution is 0.354. The number of hydrogen-bond acceptors (Lipinski definition) is 1. The second-order valence-corrected chi connectivity index (χ2v) is 2.56. The van der Waals surface area contributed by atoms with Crippen LogP contribution in [0.3, 0.4) is 0 Å². The van der Waals surface area contributed by atoms with Gasteiger partial charge in [0.25, 0.3) is 0 Å². The van der Waals surface area contributed by atoms with Gasteiger partial charge in [0.2, 0.25) is 0 Å². The van der Waals surface area contributed by atoms with Crippen molar-refractivity contribution in [2.24, 2.45) is 0 Å². The fraction of sp³-hybridized carbons (Fsp3) is 0.143. The molecule has 1 rings (SSSR count). The molecule has 0 aromatic heterocycles. The van der Waals surface area contributed by atoms with Crippen molar-refractivity contribution in [1.82, 2.24) is 0 Å². The van der Waals surface area contributed by atoms with Crippen molar-refractivity contribution in [3.05, 3.63) is 24.3 Å². The van der Waals surface area contributed by atoms with Gasteiger partial charge in [-0.1, -0.05) is 6.07 Å². The van der Waals surface area contributed by atoms with Gasteiger partial charge >= 0.3 is 0 Å². The second kappa shape index (κ2) is 2.78. The van der Waals surface area contributed by atoms with Crippen LogP contribution in [-0.4, -0.2) is 6.26 Å². The van der Waals surface area contributed by atoms with Crippen LogP contribution in [0.15, 0.2) is 29.2 Å². The van der Waals surface area contributed by atoms with Gasteiger partial charge in [-0.25, -0.2) is 0 Å². The zero-order valence-corrected chi connectivity index (χ0v) is 5.94. The standard InChI is InChI=1S/C7H7OS/c1-9-7-4-2-3-6(8)5-7/h2-5H,1H3. The van der Waals surface area contributed by atoms with Crippen molar-refractivity contribution >= 4 is 11.8 Å². The minimum Gasteiger partial charge on any atom is -0.290 e. The zero-order valence-electron chi connectivity index (χ0n) is 5.13. The third kappa shape index (κ3) is 1.64. The van der Waals surface area contributed by atoms with E-state index in [1.807, 2.05) is 12.3 Å². The van der Waals surface area contributed by atoms with Crippen LogP contribution in [0.5, 0.6) is 5.75 Å².